The van der Waals surface area contributed by atoms with Gasteiger partial charge in [-0.25, -0.2) is 0 Å². The number of hydrogen-bond donors (Lipinski definition) is 1. The van der Waals surface area contributed by atoms with Crippen LogP contribution in [0.5, 0.6) is 0 Å². The molecule has 1 aromatic carbocycles. The number of hydrogen-bond acceptors (Lipinski definition) is 3. The molecule has 0 spiro atoms. The maximum Gasteiger partial charge on any atom is 0.220 e. The Bertz CT molecular complexity index is 377. The molecule has 1 N–H and O–H groups in total. The van der Waals surface area contributed by atoms with Gasteiger partial charge in [-0.15, -0.1) is 0 Å². The van der Waals surface area contributed by atoms with E-state index in [0.29, 0.717) is 13.0 Å². The maximum absolute atomic E-state index is 11.6. The number of rotatable bonds is 7. The summed E-state index contributed by atoms with van der Waals surface area (Å²) in [7, 11) is 0. The summed E-state index contributed by atoms with van der Waals surface area (Å²) in [5.74, 6) is 1.97. The molecule has 19 heavy (non-hydrogen) atoms. The maximum atomic E-state index is 11.6. The lowest BCUT2D eigenvalue weighted by Crippen LogP contribution is -2.31. The Morgan fingerprint density at radius 2 is 2.21 bits per heavy atom. The number of carbonyl (C=O) groups excluding carboxylic acids is 1. The van der Waals surface area contributed by atoms with Gasteiger partial charge in [-0.05, 0) is 18.4 Å². The summed E-state index contributed by atoms with van der Waals surface area (Å²) in [5, 5.41) is 2.95. The number of ether oxygens (including phenoxy) is 1. The molecule has 0 aliphatic carbocycles. The van der Waals surface area contributed by atoms with Crippen molar-refractivity contribution < 1.29 is 9.53 Å². The van der Waals surface area contributed by atoms with Crippen molar-refractivity contribution in [1.29, 1.82) is 0 Å². The number of thioether (sulfide) groups is 1. The lowest BCUT2D eigenvalue weighted by atomic mass is 10.2. The molecule has 0 radical (unpaired) electrons. The monoisotopic (exact) mass is 279 g/mol. The molecular weight excluding hydrogens is 258 g/mol. The first-order valence-electron chi connectivity index (χ1n) is 6.84. The van der Waals surface area contributed by atoms with Crippen molar-refractivity contribution in [2.75, 3.05) is 18.9 Å². The Hall–Kier alpha value is -1.00. The molecule has 4 heteroatoms. The van der Waals surface area contributed by atoms with Gasteiger partial charge in [0, 0.05) is 31.1 Å². The van der Waals surface area contributed by atoms with E-state index in [2.05, 4.69) is 17.4 Å². The highest BCUT2D eigenvalue weighted by atomic mass is 32.2. The largest absolute Gasteiger partial charge is 0.376 e. The van der Waals surface area contributed by atoms with Crippen molar-refractivity contribution in [2.45, 2.75) is 31.1 Å². The lowest BCUT2D eigenvalue weighted by Gasteiger charge is -2.10. The number of amides is 1. The third kappa shape index (κ3) is 5.66. The zero-order chi connectivity index (χ0) is 13.3. The van der Waals surface area contributed by atoms with Gasteiger partial charge >= 0.3 is 0 Å². The molecule has 0 unspecified atom stereocenters. The quantitative estimate of drug-likeness (QED) is 0.780. The minimum absolute atomic E-state index is 0.135. The molecule has 1 saturated heterocycles. The van der Waals surface area contributed by atoms with Crippen molar-refractivity contribution in [3.63, 3.8) is 0 Å². The second kappa shape index (κ2) is 8.23. The summed E-state index contributed by atoms with van der Waals surface area (Å²) in [6.07, 6.45) is 3.02. The van der Waals surface area contributed by atoms with Gasteiger partial charge in [0.2, 0.25) is 5.91 Å². The van der Waals surface area contributed by atoms with Gasteiger partial charge in [0.1, 0.15) is 0 Å². The van der Waals surface area contributed by atoms with E-state index in [9.17, 15) is 4.79 Å². The highest BCUT2D eigenvalue weighted by molar-refractivity contribution is 7.98. The zero-order valence-electron chi connectivity index (χ0n) is 11.1. The van der Waals surface area contributed by atoms with Crippen LogP contribution in [-0.2, 0) is 15.3 Å². The summed E-state index contributed by atoms with van der Waals surface area (Å²) in [4.78, 5) is 11.6. The molecule has 1 amide bonds. The molecule has 2 rings (SSSR count). The van der Waals surface area contributed by atoms with Crippen LogP contribution in [0.4, 0.5) is 0 Å². The van der Waals surface area contributed by atoms with Gasteiger partial charge in [-0.2, -0.15) is 11.8 Å². The third-order valence-electron chi connectivity index (χ3n) is 3.14. The SMILES string of the molecule is O=C(CCSCc1ccccc1)NC[C@H]1CCCO1. The first-order valence-corrected chi connectivity index (χ1v) is 8.00. The molecule has 1 aliphatic rings. The van der Waals surface area contributed by atoms with Crippen molar-refractivity contribution in [3.05, 3.63) is 35.9 Å². The van der Waals surface area contributed by atoms with Crippen LogP contribution in [-0.4, -0.2) is 30.9 Å². The van der Waals surface area contributed by atoms with Crippen LogP contribution in [0, 0.1) is 0 Å². The first-order chi connectivity index (χ1) is 9.34. The molecule has 3 nitrogen and oxygen atoms in total. The standard InChI is InChI=1S/C15H21NO2S/c17-15(16-11-14-7-4-9-18-14)8-10-19-12-13-5-2-1-3-6-13/h1-3,5-6,14H,4,7-12H2,(H,16,17)/t14-/m1/s1. The smallest absolute Gasteiger partial charge is 0.220 e. The summed E-state index contributed by atoms with van der Waals surface area (Å²) in [6.45, 7) is 1.51. The van der Waals surface area contributed by atoms with Crippen molar-refractivity contribution in [1.82, 2.24) is 5.32 Å². The molecular formula is C15H21NO2S. The van der Waals surface area contributed by atoms with Gasteiger partial charge in [0.25, 0.3) is 0 Å². The van der Waals surface area contributed by atoms with Gasteiger partial charge in [-0.3, -0.25) is 4.79 Å². The Morgan fingerprint density at radius 1 is 1.37 bits per heavy atom. The van der Waals surface area contributed by atoms with E-state index in [-0.39, 0.29) is 12.0 Å². The van der Waals surface area contributed by atoms with Crippen LogP contribution in [0.15, 0.2) is 30.3 Å². The second-order valence-corrected chi connectivity index (χ2v) is 5.83. The molecule has 1 aromatic rings. The molecule has 1 aliphatic heterocycles. The Kier molecular flexibility index (Phi) is 6.24. The molecule has 1 atom stereocenters. The molecule has 0 bridgehead atoms. The summed E-state index contributed by atoms with van der Waals surface area (Å²) in [5.41, 5.74) is 1.31. The minimum Gasteiger partial charge on any atom is -0.376 e. The number of carbonyl (C=O) groups is 1. The van der Waals surface area contributed by atoms with E-state index in [4.69, 9.17) is 4.74 Å². The van der Waals surface area contributed by atoms with E-state index in [0.717, 1.165) is 31.0 Å². The van der Waals surface area contributed by atoms with Crippen LogP contribution in [0.3, 0.4) is 0 Å². The molecule has 0 aromatic heterocycles. The minimum atomic E-state index is 0.135. The summed E-state index contributed by atoms with van der Waals surface area (Å²) >= 11 is 1.80. The number of nitrogens with one attached hydrogen (secondary N) is 1. The molecule has 0 saturated carbocycles. The third-order valence-corrected chi connectivity index (χ3v) is 4.17. The predicted octanol–water partition coefficient (Wildman–Crippen LogP) is 2.61. The van der Waals surface area contributed by atoms with E-state index in [1.165, 1.54) is 5.56 Å². The average Bonchev–Trinajstić information content (AvgIpc) is 2.96. The topological polar surface area (TPSA) is 38.3 Å². The Balaban J connectivity index is 1.51. The zero-order valence-corrected chi connectivity index (χ0v) is 12.0. The first kappa shape index (κ1) is 14.4. The van der Waals surface area contributed by atoms with E-state index < -0.39 is 0 Å². The van der Waals surface area contributed by atoms with E-state index in [1.54, 1.807) is 11.8 Å². The Morgan fingerprint density at radius 3 is 2.95 bits per heavy atom. The van der Waals surface area contributed by atoms with Crippen molar-refractivity contribution in [3.8, 4) is 0 Å². The second-order valence-electron chi connectivity index (χ2n) is 4.73. The normalized spacial score (nSPS) is 18.4. The van der Waals surface area contributed by atoms with Gasteiger partial charge in [-0.1, -0.05) is 30.3 Å². The summed E-state index contributed by atoms with van der Waals surface area (Å²) < 4.78 is 5.47. The average molecular weight is 279 g/mol. The van der Waals surface area contributed by atoms with Crippen molar-refractivity contribution >= 4 is 17.7 Å². The highest BCUT2D eigenvalue weighted by Gasteiger charge is 2.15. The van der Waals surface area contributed by atoms with Crippen LogP contribution in [0.25, 0.3) is 0 Å². The van der Waals surface area contributed by atoms with Crippen LogP contribution in [0.1, 0.15) is 24.8 Å². The fourth-order valence-electron chi connectivity index (χ4n) is 2.05. The fourth-order valence-corrected chi connectivity index (χ4v) is 2.95. The molecule has 1 heterocycles. The van der Waals surface area contributed by atoms with Crippen LogP contribution >= 0.6 is 11.8 Å². The van der Waals surface area contributed by atoms with E-state index in [1.807, 2.05) is 18.2 Å². The van der Waals surface area contributed by atoms with Gasteiger partial charge < -0.3 is 10.1 Å². The highest BCUT2D eigenvalue weighted by Crippen LogP contribution is 2.13. The van der Waals surface area contributed by atoms with Crippen LogP contribution < -0.4 is 5.32 Å². The van der Waals surface area contributed by atoms with Crippen molar-refractivity contribution in [2.24, 2.45) is 0 Å². The molecule has 104 valence electrons. The Labute approximate surface area is 119 Å². The number of benzene rings is 1. The lowest BCUT2D eigenvalue weighted by molar-refractivity contribution is -0.121. The fraction of sp³-hybridized carbons (Fsp3) is 0.533. The van der Waals surface area contributed by atoms with E-state index >= 15 is 0 Å². The molecule has 1 fully saturated rings. The predicted molar refractivity (Wildman–Crippen MR) is 79.2 cm³/mol. The van der Waals surface area contributed by atoms with Gasteiger partial charge in [0.05, 0.1) is 6.10 Å². The van der Waals surface area contributed by atoms with Gasteiger partial charge in [0.15, 0.2) is 0 Å². The van der Waals surface area contributed by atoms with Crippen LogP contribution in [0.2, 0.25) is 0 Å². The summed E-state index contributed by atoms with van der Waals surface area (Å²) in [6, 6.07) is 10.3.